The molecule has 3 rings (SSSR count). The van der Waals surface area contributed by atoms with Gasteiger partial charge in [-0.25, -0.2) is 9.97 Å². The number of hydrogen-bond acceptors (Lipinski definition) is 6. The van der Waals surface area contributed by atoms with Gasteiger partial charge in [0.15, 0.2) is 0 Å². The minimum atomic E-state index is -0.408. The molecule has 0 aliphatic carbocycles. The first-order valence-corrected chi connectivity index (χ1v) is 9.35. The summed E-state index contributed by atoms with van der Waals surface area (Å²) in [6, 6.07) is 10.2. The van der Waals surface area contributed by atoms with E-state index in [4.69, 9.17) is 16.9 Å². The lowest BCUT2D eigenvalue weighted by molar-refractivity contribution is 0.102. The molecular weight excluding hydrogens is 388 g/mol. The Bertz CT molecular complexity index is 1050. The largest absolute Gasteiger partial charge is 0.337 e. The molecule has 7 nitrogen and oxygen atoms in total. The molecule has 0 atom stereocenters. The van der Waals surface area contributed by atoms with Gasteiger partial charge in [-0.15, -0.1) is 0 Å². The number of carbonyl (C=O) groups is 1. The lowest BCUT2D eigenvalue weighted by atomic mass is 10.1. The molecule has 0 saturated carbocycles. The quantitative estimate of drug-likeness (QED) is 0.650. The van der Waals surface area contributed by atoms with E-state index in [0.717, 1.165) is 11.4 Å². The van der Waals surface area contributed by atoms with Crippen molar-refractivity contribution in [2.24, 2.45) is 5.92 Å². The van der Waals surface area contributed by atoms with Crippen LogP contribution in [0.5, 0.6) is 0 Å². The Kier molecular flexibility index (Phi) is 6.37. The fraction of sp³-hybridized carbons (Fsp3) is 0.190. The van der Waals surface area contributed by atoms with Crippen LogP contribution in [0.1, 0.15) is 29.9 Å². The van der Waals surface area contributed by atoms with Crippen molar-refractivity contribution < 1.29 is 4.79 Å². The van der Waals surface area contributed by atoms with Gasteiger partial charge in [0.1, 0.15) is 12.0 Å². The molecule has 0 radical (unpaired) electrons. The minimum absolute atomic E-state index is 0.163. The summed E-state index contributed by atoms with van der Waals surface area (Å²) >= 11 is 6.47. The molecule has 0 fully saturated rings. The van der Waals surface area contributed by atoms with Crippen LogP contribution in [0.15, 0.2) is 55.2 Å². The highest BCUT2D eigenvalue weighted by atomic mass is 35.5. The summed E-state index contributed by atoms with van der Waals surface area (Å²) in [5.41, 5.74) is 2.62. The third-order valence-electron chi connectivity index (χ3n) is 4.02. The molecule has 29 heavy (non-hydrogen) atoms. The van der Waals surface area contributed by atoms with E-state index in [2.05, 4.69) is 34.1 Å². The van der Waals surface area contributed by atoms with E-state index >= 15 is 0 Å². The molecule has 0 aliphatic heterocycles. The van der Waals surface area contributed by atoms with Crippen LogP contribution in [0.2, 0.25) is 5.02 Å². The summed E-state index contributed by atoms with van der Waals surface area (Å²) < 4.78 is 0. The highest BCUT2D eigenvalue weighted by molar-refractivity contribution is 6.33. The van der Waals surface area contributed by atoms with E-state index < -0.39 is 5.91 Å². The molecule has 2 heterocycles. The first-order valence-electron chi connectivity index (χ1n) is 8.97. The van der Waals surface area contributed by atoms with Crippen molar-refractivity contribution in [3.05, 3.63) is 71.5 Å². The third kappa shape index (κ3) is 5.06. The lowest BCUT2D eigenvalue weighted by Crippen LogP contribution is -2.23. The topological polar surface area (TPSA) is 94.8 Å². The van der Waals surface area contributed by atoms with E-state index in [1.807, 2.05) is 11.0 Å². The van der Waals surface area contributed by atoms with Crippen molar-refractivity contribution in [2.75, 3.05) is 16.8 Å². The number of halogens is 1. The van der Waals surface area contributed by atoms with Gasteiger partial charge in [0.05, 0.1) is 40.4 Å². The van der Waals surface area contributed by atoms with Crippen molar-refractivity contribution in [3.63, 3.8) is 0 Å². The SMILES string of the molecule is CC(C)CN(c1cncnc1)c1cc(NC(=O)c2cc(C#N)ccn2)ccc1Cl. The number of anilines is 3. The molecule has 0 spiro atoms. The van der Waals surface area contributed by atoms with Crippen molar-refractivity contribution in [1.29, 1.82) is 5.26 Å². The molecule has 1 amide bonds. The fourth-order valence-corrected chi connectivity index (χ4v) is 2.97. The average molecular weight is 407 g/mol. The van der Waals surface area contributed by atoms with Crippen molar-refractivity contribution in [1.82, 2.24) is 15.0 Å². The summed E-state index contributed by atoms with van der Waals surface area (Å²) in [6.07, 6.45) is 6.33. The molecule has 2 aromatic heterocycles. The maximum atomic E-state index is 12.5. The molecule has 0 bridgehead atoms. The first-order chi connectivity index (χ1) is 14.0. The van der Waals surface area contributed by atoms with Crippen molar-refractivity contribution >= 4 is 34.6 Å². The van der Waals surface area contributed by atoms with Crippen LogP contribution in [0.3, 0.4) is 0 Å². The predicted molar refractivity (Wildman–Crippen MR) is 112 cm³/mol. The van der Waals surface area contributed by atoms with Crippen LogP contribution in [0.4, 0.5) is 17.1 Å². The Hall–Kier alpha value is -3.50. The summed E-state index contributed by atoms with van der Waals surface area (Å²) in [5.74, 6) is -0.0590. The highest BCUT2D eigenvalue weighted by Gasteiger charge is 2.17. The average Bonchev–Trinajstić information content (AvgIpc) is 2.74. The van der Waals surface area contributed by atoms with Gasteiger partial charge in [0.2, 0.25) is 0 Å². The lowest BCUT2D eigenvalue weighted by Gasteiger charge is -2.27. The van der Waals surface area contributed by atoms with Gasteiger partial charge in [0.25, 0.3) is 5.91 Å². The normalized spacial score (nSPS) is 10.4. The number of hydrogen-bond donors (Lipinski definition) is 1. The van der Waals surface area contributed by atoms with Gasteiger partial charge in [0, 0.05) is 18.4 Å². The molecule has 0 saturated heterocycles. The Morgan fingerprint density at radius 1 is 1.24 bits per heavy atom. The minimum Gasteiger partial charge on any atom is -0.337 e. The monoisotopic (exact) mass is 406 g/mol. The molecule has 8 heteroatoms. The Morgan fingerprint density at radius 3 is 2.69 bits per heavy atom. The second kappa shape index (κ2) is 9.13. The van der Waals surface area contributed by atoms with E-state index in [1.165, 1.54) is 18.6 Å². The van der Waals surface area contributed by atoms with Crippen LogP contribution >= 0.6 is 11.6 Å². The number of benzene rings is 1. The maximum absolute atomic E-state index is 12.5. The van der Waals surface area contributed by atoms with Crippen molar-refractivity contribution in [2.45, 2.75) is 13.8 Å². The Balaban J connectivity index is 1.92. The number of aromatic nitrogens is 3. The smallest absolute Gasteiger partial charge is 0.274 e. The van der Waals surface area contributed by atoms with Crippen LogP contribution in [0, 0.1) is 17.2 Å². The van der Waals surface area contributed by atoms with Gasteiger partial charge in [-0.3, -0.25) is 9.78 Å². The standard InChI is InChI=1S/C21H19ClN6O/c1-14(2)12-28(17-10-24-13-25-11-17)20-8-16(3-4-18(20)22)27-21(29)19-7-15(9-23)5-6-26-19/h3-8,10-11,13-14H,12H2,1-2H3,(H,27,29). The number of amides is 1. The molecular formula is C21H19ClN6O. The van der Waals surface area contributed by atoms with Gasteiger partial charge in [-0.1, -0.05) is 25.4 Å². The zero-order valence-electron chi connectivity index (χ0n) is 16.0. The number of nitrogens with zero attached hydrogens (tertiary/aromatic N) is 5. The van der Waals surface area contributed by atoms with Crippen LogP contribution in [0.25, 0.3) is 0 Å². The number of pyridine rings is 1. The van der Waals surface area contributed by atoms with Crippen LogP contribution in [-0.2, 0) is 0 Å². The fourth-order valence-electron chi connectivity index (χ4n) is 2.76. The van der Waals surface area contributed by atoms with Crippen LogP contribution in [-0.4, -0.2) is 27.4 Å². The van der Waals surface area contributed by atoms with Gasteiger partial charge in [-0.2, -0.15) is 5.26 Å². The summed E-state index contributed by atoms with van der Waals surface area (Å²) in [5, 5.41) is 12.4. The number of nitrogens with one attached hydrogen (secondary N) is 1. The van der Waals surface area contributed by atoms with Crippen molar-refractivity contribution in [3.8, 4) is 6.07 Å². The van der Waals surface area contributed by atoms with E-state index in [0.29, 0.717) is 28.7 Å². The van der Waals surface area contributed by atoms with Gasteiger partial charge >= 0.3 is 0 Å². The number of nitriles is 1. The molecule has 1 aromatic carbocycles. The van der Waals surface area contributed by atoms with Gasteiger partial charge in [-0.05, 0) is 36.2 Å². The third-order valence-corrected chi connectivity index (χ3v) is 4.34. The van der Waals surface area contributed by atoms with E-state index in [1.54, 1.807) is 36.7 Å². The predicted octanol–water partition coefficient (Wildman–Crippen LogP) is 4.44. The molecule has 0 aliphatic rings. The highest BCUT2D eigenvalue weighted by Crippen LogP contribution is 2.34. The number of carbonyl (C=O) groups excluding carboxylic acids is 1. The van der Waals surface area contributed by atoms with Crippen LogP contribution < -0.4 is 10.2 Å². The second-order valence-electron chi connectivity index (χ2n) is 6.76. The first kappa shape index (κ1) is 20.2. The summed E-state index contributed by atoms with van der Waals surface area (Å²) in [7, 11) is 0. The van der Waals surface area contributed by atoms with E-state index in [9.17, 15) is 4.79 Å². The maximum Gasteiger partial charge on any atom is 0.274 e. The number of rotatable bonds is 6. The second-order valence-corrected chi connectivity index (χ2v) is 7.17. The summed E-state index contributed by atoms with van der Waals surface area (Å²) in [6.45, 7) is 4.89. The Morgan fingerprint density at radius 2 is 2.00 bits per heavy atom. The van der Waals surface area contributed by atoms with E-state index in [-0.39, 0.29) is 5.69 Å². The molecule has 3 aromatic rings. The molecule has 146 valence electrons. The molecule has 1 N–H and O–H groups in total. The summed E-state index contributed by atoms with van der Waals surface area (Å²) in [4.78, 5) is 26.8. The molecule has 0 unspecified atom stereocenters. The zero-order valence-corrected chi connectivity index (χ0v) is 16.8. The van der Waals surface area contributed by atoms with Gasteiger partial charge < -0.3 is 10.2 Å². The zero-order chi connectivity index (χ0) is 20.8. The Labute approximate surface area is 174 Å².